The SMILES string of the molecule is C=CC(C)Oc1ccc(Cl)cc1N. The number of benzene rings is 1. The maximum atomic E-state index is 5.73. The molecule has 0 saturated carbocycles. The van der Waals surface area contributed by atoms with Gasteiger partial charge in [-0.25, -0.2) is 0 Å². The molecule has 13 heavy (non-hydrogen) atoms. The zero-order valence-electron chi connectivity index (χ0n) is 7.46. The van der Waals surface area contributed by atoms with Crippen LogP contribution in [0.2, 0.25) is 5.02 Å². The lowest BCUT2D eigenvalue weighted by molar-refractivity contribution is 0.272. The number of halogens is 1. The Balaban J connectivity index is 2.83. The van der Waals surface area contributed by atoms with Crippen LogP contribution in [0.1, 0.15) is 6.92 Å². The molecule has 70 valence electrons. The van der Waals surface area contributed by atoms with Gasteiger partial charge in [0.05, 0.1) is 5.69 Å². The predicted octanol–water partition coefficient (Wildman–Crippen LogP) is 2.88. The molecule has 0 bridgehead atoms. The van der Waals surface area contributed by atoms with Crippen LogP contribution in [0.15, 0.2) is 30.9 Å². The minimum absolute atomic E-state index is 0.0523. The molecule has 0 aliphatic carbocycles. The van der Waals surface area contributed by atoms with Gasteiger partial charge in [0.1, 0.15) is 11.9 Å². The third-order valence-electron chi connectivity index (χ3n) is 1.62. The molecule has 0 saturated heterocycles. The highest BCUT2D eigenvalue weighted by Gasteiger charge is 2.03. The summed E-state index contributed by atoms with van der Waals surface area (Å²) in [4.78, 5) is 0. The molecule has 2 N–H and O–H groups in total. The fourth-order valence-electron chi connectivity index (χ4n) is 0.875. The van der Waals surface area contributed by atoms with Gasteiger partial charge < -0.3 is 10.5 Å². The topological polar surface area (TPSA) is 35.2 Å². The highest BCUT2D eigenvalue weighted by Crippen LogP contribution is 2.25. The number of ether oxygens (including phenoxy) is 1. The summed E-state index contributed by atoms with van der Waals surface area (Å²) in [6.07, 6.45) is 1.65. The first kappa shape index (κ1) is 9.93. The van der Waals surface area contributed by atoms with E-state index in [9.17, 15) is 0 Å². The van der Waals surface area contributed by atoms with Crippen LogP contribution in [0.4, 0.5) is 5.69 Å². The Morgan fingerprint density at radius 2 is 2.31 bits per heavy atom. The average Bonchev–Trinajstić information content (AvgIpc) is 2.09. The lowest BCUT2D eigenvalue weighted by Gasteiger charge is -2.12. The van der Waals surface area contributed by atoms with E-state index in [-0.39, 0.29) is 6.10 Å². The minimum Gasteiger partial charge on any atom is -0.485 e. The first-order valence-corrected chi connectivity index (χ1v) is 4.35. The average molecular weight is 198 g/mol. The van der Waals surface area contributed by atoms with Crippen molar-refractivity contribution in [3.8, 4) is 5.75 Å². The molecule has 2 nitrogen and oxygen atoms in total. The summed E-state index contributed by atoms with van der Waals surface area (Å²) in [6.45, 7) is 5.50. The van der Waals surface area contributed by atoms with Crippen LogP contribution in [-0.4, -0.2) is 6.10 Å². The van der Waals surface area contributed by atoms with Gasteiger partial charge in [-0.05, 0) is 25.1 Å². The van der Waals surface area contributed by atoms with E-state index in [0.29, 0.717) is 16.5 Å². The van der Waals surface area contributed by atoms with Gasteiger partial charge in [-0.2, -0.15) is 0 Å². The maximum Gasteiger partial charge on any atom is 0.143 e. The van der Waals surface area contributed by atoms with E-state index in [1.807, 2.05) is 6.92 Å². The largest absolute Gasteiger partial charge is 0.485 e. The molecule has 3 heteroatoms. The Bertz CT molecular complexity index is 312. The normalized spacial score (nSPS) is 12.2. The minimum atomic E-state index is -0.0523. The summed E-state index contributed by atoms with van der Waals surface area (Å²) in [6, 6.07) is 5.15. The molecule has 0 spiro atoms. The van der Waals surface area contributed by atoms with Crippen LogP contribution in [0, 0.1) is 0 Å². The molecule has 1 aromatic rings. The summed E-state index contributed by atoms with van der Waals surface area (Å²) in [7, 11) is 0. The maximum absolute atomic E-state index is 5.73. The molecular formula is C10H12ClNO. The molecule has 0 fully saturated rings. The summed E-state index contributed by atoms with van der Waals surface area (Å²) in [5, 5.41) is 0.608. The fraction of sp³-hybridized carbons (Fsp3) is 0.200. The van der Waals surface area contributed by atoms with E-state index in [0.717, 1.165) is 0 Å². The molecule has 1 atom stereocenters. The van der Waals surface area contributed by atoms with Gasteiger partial charge in [0.25, 0.3) is 0 Å². The van der Waals surface area contributed by atoms with E-state index in [2.05, 4.69) is 6.58 Å². The van der Waals surface area contributed by atoms with Gasteiger partial charge in [-0.1, -0.05) is 24.3 Å². The molecule has 0 aromatic heterocycles. The van der Waals surface area contributed by atoms with E-state index in [1.165, 1.54) is 0 Å². The van der Waals surface area contributed by atoms with Gasteiger partial charge in [0.15, 0.2) is 0 Å². The van der Waals surface area contributed by atoms with Crippen LogP contribution < -0.4 is 10.5 Å². The lowest BCUT2D eigenvalue weighted by Crippen LogP contribution is -2.08. The Labute approximate surface area is 83.0 Å². The first-order chi connectivity index (χ1) is 6.13. The van der Waals surface area contributed by atoms with Crippen LogP contribution in [0.3, 0.4) is 0 Å². The molecule has 0 radical (unpaired) electrons. The summed E-state index contributed by atoms with van der Waals surface area (Å²) < 4.78 is 5.45. The first-order valence-electron chi connectivity index (χ1n) is 3.97. The third-order valence-corrected chi connectivity index (χ3v) is 1.85. The van der Waals surface area contributed by atoms with Crippen molar-refractivity contribution in [2.24, 2.45) is 0 Å². The molecule has 0 aliphatic heterocycles. The van der Waals surface area contributed by atoms with E-state index in [4.69, 9.17) is 22.1 Å². The van der Waals surface area contributed by atoms with Crippen molar-refractivity contribution < 1.29 is 4.74 Å². The van der Waals surface area contributed by atoms with Crippen molar-refractivity contribution >= 4 is 17.3 Å². The Morgan fingerprint density at radius 3 is 2.85 bits per heavy atom. The number of nitrogens with two attached hydrogens (primary N) is 1. The van der Waals surface area contributed by atoms with Crippen LogP contribution in [0.5, 0.6) is 5.75 Å². The number of rotatable bonds is 3. The van der Waals surface area contributed by atoms with Gasteiger partial charge >= 0.3 is 0 Å². The lowest BCUT2D eigenvalue weighted by atomic mass is 10.3. The predicted molar refractivity (Wildman–Crippen MR) is 56.2 cm³/mol. The zero-order chi connectivity index (χ0) is 9.84. The number of hydrogen-bond donors (Lipinski definition) is 1. The van der Waals surface area contributed by atoms with Crippen molar-refractivity contribution in [3.63, 3.8) is 0 Å². The summed E-state index contributed by atoms with van der Waals surface area (Å²) >= 11 is 5.73. The monoisotopic (exact) mass is 197 g/mol. The third kappa shape index (κ3) is 2.67. The zero-order valence-corrected chi connectivity index (χ0v) is 8.21. The van der Waals surface area contributed by atoms with Crippen LogP contribution in [0.25, 0.3) is 0 Å². The van der Waals surface area contributed by atoms with Crippen molar-refractivity contribution in [2.45, 2.75) is 13.0 Å². The van der Waals surface area contributed by atoms with Crippen LogP contribution >= 0.6 is 11.6 Å². The molecule has 0 amide bonds. The van der Waals surface area contributed by atoms with Gasteiger partial charge in [-0.15, -0.1) is 0 Å². The van der Waals surface area contributed by atoms with Gasteiger partial charge in [0, 0.05) is 5.02 Å². The Morgan fingerprint density at radius 1 is 1.62 bits per heavy atom. The van der Waals surface area contributed by atoms with Crippen molar-refractivity contribution in [1.29, 1.82) is 0 Å². The van der Waals surface area contributed by atoms with Crippen molar-refractivity contribution in [2.75, 3.05) is 5.73 Å². The highest BCUT2D eigenvalue weighted by molar-refractivity contribution is 6.30. The number of nitrogen functional groups attached to an aromatic ring is 1. The Hall–Kier alpha value is -1.15. The van der Waals surface area contributed by atoms with E-state index in [1.54, 1.807) is 24.3 Å². The summed E-state index contributed by atoms with van der Waals surface area (Å²) in [5.74, 6) is 0.636. The molecule has 0 heterocycles. The fourth-order valence-corrected chi connectivity index (χ4v) is 1.06. The van der Waals surface area contributed by atoms with Crippen LogP contribution in [-0.2, 0) is 0 Å². The molecular weight excluding hydrogens is 186 g/mol. The van der Waals surface area contributed by atoms with Gasteiger partial charge in [-0.3, -0.25) is 0 Å². The molecule has 1 unspecified atom stereocenters. The second-order valence-electron chi connectivity index (χ2n) is 2.74. The quantitative estimate of drug-likeness (QED) is 0.598. The van der Waals surface area contributed by atoms with Crippen molar-refractivity contribution in [3.05, 3.63) is 35.9 Å². The van der Waals surface area contributed by atoms with Crippen molar-refractivity contribution in [1.82, 2.24) is 0 Å². The standard InChI is InChI=1S/C10H12ClNO/c1-3-7(2)13-10-5-4-8(11)6-9(10)12/h3-7H,1,12H2,2H3. The molecule has 0 aliphatic rings. The second kappa shape index (κ2) is 4.19. The van der Waals surface area contributed by atoms with E-state index < -0.39 is 0 Å². The summed E-state index contributed by atoms with van der Waals surface area (Å²) in [5.41, 5.74) is 6.22. The molecule has 1 rings (SSSR count). The van der Waals surface area contributed by atoms with E-state index >= 15 is 0 Å². The second-order valence-corrected chi connectivity index (χ2v) is 3.18. The Kier molecular flexibility index (Phi) is 3.20. The smallest absolute Gasteiger partial charge is 0.143 e. The molecule has 1 aromatic carbocycles. The van der Waals surface area contributed by atoms with Gasteiger partial charge in [0.2, 0.25) is 0 Å². The number of hydrogen-bond acceptors (Lipinski definition) is 2. The number of anilines is 1. The highest BCUT2D eigenvalue weighted by atomic mass is 35.5.